The van der Waals surface area contributed by atoms with Crippen LogP contribution < -0.4 is 5.73 Å². The molecular formula is C10H22N2O2S. The van der Waals surface area contributed by atoms with Gasteiger partial charge < -0.3 is 5.73 Å². The molecule has 0 aromatic carbocycles. The Bertz CT molecular complexity index is 265. The Hall–Kier alpha value is -0.130. The Labute approximate surface area is 92.9 Å². The summed E-state index contributed by atoms with van der Waals surface area (Å²) in [6, 6.07) is 0. The van der Waals surface area contributed by atoms with E-state index < -0.39 is 15.3 Å². The summed E-state index contributed by atoms with van der Waals surface area (Å²) in [7, 11) is -3.14. The van der Waals surface area contributed by atoms with Crippen LogP contribution in [0.2, 0.25) is 0 Å². The number of nitrogens with two attached hydrogens (primary N) is 1. The van der Waals surface area contributed by atoms with Crippen molar-refractivity contribution in [3.8, 4) is 0 Å². The van der Waals surface area contributed by atoms with Crippen LogP contribution in [0.25, 0.3) is 0 Å². The van der Waals surface area contributed by atoms with Crippen LogP contribution in [0.5, 0.6) is 0 Å². The highest BCUT2D eigenvalue weighted by Gasteiger charge is 2.29. The molecule has 1 saturated heterocycles. The quantitative estimate of drug-likeness (QED) is 0.787. The predicted octanol–water partition coefficient (Wildman–Crippen LogP) is 0.929. The van der Waals surface area contributed by atoms with E-state index >= 15 is 0 Å². The lowest BCUT2D eigenvalue weighted by molar-refractivity contribution is 0.414. The molecule has 90 valence electrons. The summed E-state index contributed by atoms with van der Waals surface area (Å²) >= 11 is 0. The summed E-state index contributed by atoms with van der Waals surface area (Å²) < 4.78 is 25.9. The van der Waals surface area contributed by atoms with Gasteiger partial charge in [-0.25, -0.2) is 12.7 Å². The van der Waals surface area contributed by atoms with Gasteiger partial charge in [-0.2, -0.15) is 0 Å². The second-order valence-electron chi connectivity index (χ2n) is 4.12. The fraction of sp³-hybridized carbons (Fsp3) is 1.00. The van der Waals surface area contributed by atoms with E-state index in [4.69, 9.17) is 5.73 Å². The Morgan fingerprint density at radius 2 is 1.73 bits per heavy atom. The zero-order valence-electron chi connectivity index (χ0n) is 9.48. The van der Waals surface area contributed by atoms with Crippen LogP contribution in [0.15, 0.2) is 0 Å². The average molecular weight is 234 g/mol. The second-order valence-corrected chi connectivity index (χ2v) is 6.34. The van der Waals surface area contributed by atoms with Crippen molar-refractivity contribution < 1.29 is 8.42 Å². The molecular weight excluding hydrogens is 212 g/mol. The Morgan fingerprint density at radius 1 is 1.20 bits per heavy atom. The zero-order chi connectivity index (χ0) is 11.3. The van der Waals surface area contributed by atoms with Gasteiger partial charge in [0.25, 0.3) is 0 Å². The Kier molecular flexibility index (Phi) is 5.02. The highest BCUT2D eigenvalue weighted by molar-refractivity contribution is 7.89. The Balaban J connectivity index is 2.73. The molecule has 1 fully saturated rings. The molecule has 2 N–H and O–H groups in total. The number of rotatable bonds is 4. The summed E-state index contributed by atoms with van der Waals surface area (Å²) in [5.41, 5.74) is 5.51. The van der Waals surface area contributed by atoms with Crippen molar-refractivity contribution in [2.45, 2.75) is 44.3 Å². The first-order chi connectivity index (χ1) is 7.12. The van der Waals surface area contributed by atoms with Crippen molar-refractivity contribution in [1.82, 2.24) is 4.31 Å². The number of sulfonamides is 1. The normalized spacial score (nSPS) is 22.3. The summed E-state index contributed by atoms with van der Waals surface area (Å²) in [4.78, 5) is 0. The first kappa shape index (κ1) is 12.9. The van der Waals surface area contributed by atoms with Gasteiger partial charge in [-0.3, -0.25) is 0 Å². The highest BCUT2D eigenvalue weighted by atomic mass is 32.2. The van der Waals surface area contributed by atoms with Crippen LogP contribution in [0.4, 0.5) is 0 Å². The maximum atomic E-state index is 12.1. The summed E-state index contributed by atoms with van der Waals surface area (Å²) in [6.07, 6.45) is 4.87. The molecule has 4 nitrogen and oxygen atoms in total. The number of nitrogens with zero attached hydrogens (tertiary/aromatic N) is 1. The van der Waals surface area contributed by atoms with Crippen LogP contribution >= 0.6 is 0 Å². The smallest absolute Gasteiger partial charge is 0.218 e. The Morgan fingerprint density at radius 3 is 2.13 bits per heavy atom. The van der Waals surface area contributed by atoms with Crippen LogP contribution in [0.1, 0.15) is 39.0 Å². The minimum Gasteiger partial charge on any atom is -0.329 e. The molecule has 0 amide bonds. The number of hydrogen-bond acceptors (Lipinski definition) is 3. The molecule has 0 radical (unpaired) electrons. The SMILES string of the molecule is CCC(CN)S(=O)(=O)N1CCCCCC1. The molecule has 0 aromatic rings. The highest BCUT2D eigenvalue weighted by Crippen LogP contribution is 2.17. The third kappa shape index (κ3) is 3.16. The van der Waals surface area contributed by atoms with E-state index in [0.717, 1.165) is 25.7 Å². The van der Waals surface area contributed by atoms with Crippen LogP contribution in [-0.4, -0.2) is 37.6 Å². The van der Waals surface area contributed by atoms with Gasteiger partial charge in [-0.05, 0) is 19.3 Å². The fourth-order valence-electron chi connectivity index (χ4n) is 2.01. The van der Waals surface area contributed by atoms with Crippen molar-refractivity contribution in [2.75, 3.05) is 19.6 Å². The van der Waals surface area contributed by atoms with Crippen molar-refractivity contribution in [3.63, 3.8) is 0 Å². The molecule has 15 heavy (non-hydrogen) atoms. The molecule has 1 rings (SSSR count). The summed E-state index contributed by atoms with van der Waals surface area (Å²) in [5.74, 6) is 0. The minimum atomic E-state index is -3.14. The van der Waals surface area contributed by atoms with E-state index in [1.165, 1.54) is 0 Å². The maximum Gasteiger partial charge on any atom is 0.218 e. The van der Waals surface area contributed by atoms with Gasteiger partial charge >= 0.3 is 0 Å². The van der Waals surface area contributed by atoms with Gasteiger partial charge in [-0.15, -0.1) is 0 Å². The first-order valence-electron chi connectivity index (χ1n) is 5.82. The number of hydrogen-bond donors (Lipinski definition) is 1. The largest absolute Gasteiger partial charge is 0.329 e. The molecule has 1 unspecified atom stereocenters. The third-order valence-corrected chi connectivity index (χ3v) is 5.52. The zero-order valence-corrected chi connectivity index (χ0v) is 10.3. The van der Waals surface area contributed by atoms with Gasteiger partial charge in [0.15, 0.2) is 0 Å². The van der Waals surface area contributed by atoms with Crippen molar-refractivity contribution in [3.05, 3.63) is 0 Å². The van der Waals surface area contributed by atoms with Crippen LogP contribution in [-0.2, 0) is 10.0 Å². The first-order valence-corrected chi connectivity index (χ1v) is 7.32. The van der Waals surface area contributed by atoms with Gasteiger partial charge in [0.05, 0.1) is 5.25 Å². The maximum absolute atomic E-state index is 12.1. The molecule has 1 aliphatic rings. The average Bonchev–Trinajstić information content (AvgIpc) is 2.47. The van der Waals surface area contributed by atoms with E-state index in [0.29, 0.717) is 19.5 Å². The minimum absolute atomic E-state index is 0.231. The van der Waals surface area contributed by atoms with Crippen molar-refractivity contribution >= 4 is 10.0 Å². The molecule has 1 heterocycles. The summed E-state index contributed by atoms with van der Waals surface area (Å²) in [5, 5.41) is -0.393. The lowest BCUT2D eigenvalue weighted by Crippen LogP contribution is -2.42. The monoisotopic (exact) mass is 234 g/mol. The molecule has 1 atom stereocenters. The van der Waals surface area contributed by atoms with E-state index in [9.17, 15) is 8.42 Å². The molecule has 0 saturated carbocycles. The molecule has 0 aromatic heterocycles. The van der Waals surface area contributed by atoms with E-state index in [1.54, 1.807) is 4.31 Å². The van der Waals surface area contributed by atoms with E-state index in [-0.39, 0.29) is 6.54 Å². The van der Waals surface area contributed by atoms with Crippen molar-refractivity contribution in [2.24, 2.45) is 5.73 Å². The van der Waals surface area contributed by atoms with Gasteiger partial charge in [0.1, 0.15) is 0 Å². The molecule has 0 bridgehead atoms. The van der Waals surface area contributed by atoms with Gasteiger partial charge in [-0.1, -0.05) is 19.8 Å². The van der Waals surface area contributed by atoms with Crippen molar-refractivity contribution in [1.29, 1.82) is 0 Å². The van der Waals surface area contributed by atoms with E-state index in [2.05, 4.69) is 0 Å². The predicted molar refractivity (Wildman–Crippen MR) is 62.1 cm³/mol. The summed E-state index contributed by atoms with van der Waals surface area (Å²) in [6.45, 7) is 3.47. The standard InChI is InChI=1S/C10H22N2O2S/c1-2-10(9-11)15(13,14)12-7-5-3-4-6-8-12/h10H,2-9,11H2,1H3. The second kappa shape index (κ2) is 5.82. The lowest BCUT2D eigenvalue weighted by atomic mass is 10.2. The van der Waals surface area contributed by atoms with E-state index in [1.807, 2.05) is 6.92 Å². The lowest BCUT2D eigenvalue weighted by Gasteiger charge is -2.24. The fourth-order valence-corrected chi connectivity index (χ4v) is 3.86. The molecule has 1 aliphatic heterocycles. The van der Waals surface area contributed by atoms with Gasteiger partial charge in [0.2, 0.25) is 10.0 Å². The van der Waals surface area contributed by atoms with Crippen LogP contribution in [0.3, 0.4) is 0 Å². The van der Waals surface area contributed by atoms with Gasteiger partial charge in [0, 0.05) is 19.6 Å². The molecule has 0 aliphatic carbocycles. The molecule has 5 heteroatoms. The topological polar surface area (TPSA) is 63.4 Å². The third-order valence-electron chi connectivity index (χ3n) is 3.06. The van der Waals surface area contributed by atoms with Crippen LogP contribution in [0, 0.1) is 0 Å². The molecule has 0 spiro atoms.